The van der Waals surface area contributed by atoms with E-state index in [4.69, 9.17) is 0 Å². The van der Waals surface area contributed by atoms with Gasteiger partial charge in [-0.25, -0.2) is 0 Å². The second-order valence-electron chi connectivity index (χ2n) is 4.63. The lowest BCUT2D eigenvalue weighted by atomic mass is 9.98. The van der Waals surface area contributed by atoms with Crippen LogP contribution in [-0.2, 0) is 6.42 Å². The van der Waals surface area contributed by atoms with E-state index in [1.54, 1.807) is 11.3 Å². The largest absolute Gasteiger partial charge is 0.310 e. The first-order chi connectivity index (χ1) is 9.22. The van der Waals surface area contributed by atoms with Gasteiger partial charge in [-0.1, -0.05) is 35.0 Å². The summed E-state index contributed by atoms with van der Waals surface area (Å²) in [5.41, 5.74) is 4.59. The molecule has 0 fully saturated rings. The molecule has 102 valence electrons. The average Bonchev–Trinajstić information content (AvgIpc) is 2.91. The van der Waals surface area contributed by atoms with Gasteiger partial charge in [0, 0.05) is 28.0 Å². The molecule has 0 saturated carbocycles. The van der Waals surface area contributed by atoms with Crippen LogP contribution in [0.4, 0.5) is 0 Å². The molecule has 0 aliphatic carbocycles. The SMILES string of the molecule is CCCNC(Cc1cncs1)c1cccc(Br)c1C. The van der Waals surface area contributed by atoms with Crippen LogP contribution in [0.3, 0.4) is 0 Å². The molecule has 2 nitrogen and oxygen atoms in total. The van der Waals surface area contributed by atoms with Gasteiger partial charge in [0.15, 0.2) is 0 Å². The van der Waals surface area contributed by atoms with Crippen molar-refractivity contribution in [1.82, 2.24) is 10.3 Å². The number of benzene rings is 1. The molecule has 0 saturated heterocycles. The molecular weight excluding hydrogens is 320 g/mol. The van der Waals surface area contributed by atoms with Crippen LogP contribution in [0, 0.1) is 6.92 Å². The maximum Gasteiger partial charge on any atom is 0.0794 e. The Morgan fingerprint density at radius 3 is 2.95 bits per heavy atom. The van der Waals surface area contributed by atoms with Gasteiger partial charge in [-0.15, -0.1) is 11.3 Å². The fourth-order valence-corrected chi connectivity index (χ4v) is 3.18. The third-order valence-electron chi connectivity index (χ3n) is 3.21. The van der Waals surface area contributed by atoms with Crippen molar-refractivity contribution in [1.29, 1.82) is 0 Å². The van der Waals surface area contributed by atoms with Crippen LogP contribution in [-0.4, -0.2) is 11.5 Å². The Morgan fingerprint density at radius 2 is 2.26 bits per heavy atom. The summed E-state index contributed by atoms with van der Waals surface area (Å²) in [6, 6.07) is 6.79. The van der Waals surface area contributed by atoms with Crippen molar-refractivity contribution in [2.45, 2.75) is 32.7 Å². The highest BCUT2D eigenvalue weighted by atomic mass is 79.9. The van der Waals surface area contributed by atoms with Gasteiger partial charge in [0.2, 0.25) is 0 Å². The maximum atomic E-state index is 4.17. The molecule has 1 unspecified atom stereocenters. The van der Waals surface area contributed by atoms with Gasteiger partial charge in [-0.05, 0) is 37.1 Å². The lowest BCUT2D eigenvalue weighted by molar-refractivity contribution is 0.529. The highest BCUT2D eigenvalue weighted by molar-refractivity contribution is 9.10. The molecular formula is C15H19BrN2S. The Hall–Kier alpha value is -0.710. The van der Waals surface area contributed by atoms with Crippen molar-refractivity contribution < 1.29 is 0 Å². The Kier molecular flexibility index (Phi) is 5.55. The van der Waals surface area contributed by atoms with Gasteiger partial charge < -0.3 is 5.32 Å². The van der Waals surface area contributed by atoms with Crippen LogP contribution in [0.5, 0.6) is 0 Å². The van der Waals surface area contributed by atoms with Crippen molar-refractivity contribution in [3.05, 3.63) is 50.4 Å². The molecule has 0 aliphatic heterocycles. The minimum atomic E-state index is 0.359. The number of thiazole rings is 1. The number of hydrogen-bond donors (Lipinski definition) is 1. The lowest BCUT2D eigenvalue weighted by Crippen LogP contribution is -2.24. The molecule has 1 atom stereocenters. The zero-order valence-corrected chi connectivity index (χ0v) is 13.7. The summed E-state index contributed by atoms with van der Waals surface area (Å²) in [4.78, 5) is 5.50. The van der Waals surface area contributed by atoms with Gasteiger partial charge in [0.1, 0.15) is 0 Å². The van der Waals surface area contributed by atoms with E-state index in [1.165, 1.54) is 20.5 Å². The fourth-order valence-electron chi connectivity index (χ4n) is 2.16. The molecule has 2 rings (SSSR count). The number of hydrogen-bond acceptors (Lipinski definition) is 3. The third kappa shape index (κ3) is 3.88. The number of nitrogens with one attached hydrogen (secondary N) is 1. The van der Waals surface area contributed by atoms with Crippen molar-refractivity contribution in [3.8, 4) is 0 Å². The summed E-state index contributed by atoms with van der Waals surface area (Å²) in [6.45, 7) is 5.41. The molecule has 0 bridgehead atoms. The smallest absolute Gasteiger partial charge is 0.0794 e. The molecule has 4 heteroatoms. The van der Waals surface area contributed by atoms with Crippen molar-refractivity contribution in [2.24, 2.45) is 0 Å². The van der Waals surface area contributed by atoms with Crippen molar-refractivity contribution >= 4 is 27.3 Å². The van der Waals surface area contributed by atoms with Gasteiger partial charge in [0.25, 0.3) is 0 Å². The lowest BCUT2D eigenvalue weighted by Gasteiger charge is -2.21. The van der Waals surface area contributed by atoms with E-state index >= 15 is 0 Å². The standard InChI is InChI=1S/C15H19BrN2S/c1-3-7-18-15(8-12-9-17-10-19-12)13-5-4-6-14(16)11(13)2/h4-6,9-10,15,18H,3,7-8H2,1-2H3. The monoisotopic (exact) mass is 338 g/mol. The molecule has 0 spiro atoms. The normalized spacial score (nSPS) is 12.6. The number of nitrogens with zero attached hydrogens (tertiary/aromatic N) is 1. The van der Waals surface area contributed by atoms with E-state index in [9.17, 15) is 0 Å². The maximum absolute atomic E-state index is 4.17. The van der Waals surface area contributed by atoms with E-state index in [0.29, 0.717) is 6.04 Å². The van der Waals surface area contributed by atoms with Crippen LogP contribution in [0.1, 0.15) is 35.4 Å². The van der Waals surface area contributed by atoms with Crippen molar-refractivity contribution in [3.63, 3.8) is 0 Å². The van der Waals surface area contributed by atoms with E-state index in [1.807, 2.05) is 11.7 Å². The van der Waals surface area contributed by atoms with E-state index < -0.39 is 0 Å². The van der Waals surface area contributed by atoms with E-state index in [-0.39, 0.29) is 0 Å². The molecule has 0 radical (unpaired) electrons. The summed E-state index contributed by atoms with van der Waals surface area (Å²) in [5, 5.41) is 3.65. The number of halogens is 1. The van der Waals surface area contributed by atoms with E-state index in [2.05, 4.69) is 58.3 Å². The quantitative estimate of drug-likeness (QED) is 0.838. The van der Waals surface area contributed by atoms with Crippen LogP contribution in [0.25, 0.3) is 0 Å². The average molecular weight is 339 g/mol. The Bertz CT molecular complexity index is 511. The van der Waals surface area contributed by atoms with Gasteiger partial charge in [-0.2, -0.15) is 0 Å². The second kappa shape index (κ2) is 7.17. The van der Waals surface area contributed by atoms with Gasteiger partial charge in [-0.3, -0.25) is 4.98 Å². The predicted octanol–water partition coefficient (Wildman–Crippen LogP) is 4.50. The van der Waals surface area contributed by atoms with Crippen LogP contribution in [0.2, 0.25) is 0 Å². The first kappa shape index (κ1) is 14.7. The highest BCUT2D eigenvalue weighted by Gasteiger charge is 2.15. The Balaban J connectivity index is 2.23. The fraction of sp³-hybridized carbons (Fsp3) is 0.400. The molecule has 0 aliphatic rings. The summed E-state index contributed by atoms with van der Waals surface area (Å²) in [6.07, 6.45) is 4.12. The Morgan fingerprint density at radius 1 is 1.42 bits per heavy atom. The summed E-state index contributed by atoms with van der Waals surface area (Å²) >= 11 is 5.35. The molecule has 19 heavy (non-hydrogen) atoms. The number of rotatable bonds is 6. The summed E-state index contributed by atoms with van der Waals surface area (Å²) < 4.78 is 1.18. The van der Waals surface area contributed by atoms with Gasteiger partial charge in [0.05, 0.1) is 5.51 Å². The molecule has 1 N–H and O–H groups in total. The predicted molar refractivity (Wildman–Crippen MR) is 85.7 cm³/mol. The first-order valence-electron chi connectivity index (χ1n) is 6.58. The molecule has 1 aromatic heterocycles. The second-order valence-corrected chi connectivity index (χ2v) is 6.46. The molecule has 0 amide bonds. The molecule has 2 aromatic rings. The summed E-state index contributed by atoms with van der Waals surface area (Å²) in [7, 11) is 0. The summed E-state index contributed by atoms with van der Waals surface area (Å²) in [5.74, 6) is 0. The van der Waals surface area contributed by atoms with Crippen LogP contribution >= 0.6 is 27.3 Å². The molecule has 1 heterocycles. The third-order valence-corrected chi connectivity index (χ3v) is 4.88. The minimum Gasteiger partial charge on any atom is -0.310 e. The number of aromatic nitrogens is 1. The first-order valence-corrected chi connectivity index (χ1v) is 8.25. The topological polar surface area (TPSA) is 24.9 Å². The van der Waals surface area contributed by atoms with E-state index in [0.717, 1.165) is 19.4 Å². The van der Waals surface area contributed by atoms with Crippen LogP contribution < -0.4 is 5.32 Å². The zero-order chi connectivity index (χ0) is 13.7. The highest BCUT2D eigenvalue weighted by Crippen LogP contribution is 2.27. The Labute approximate surface area is 127 Å². The van der Waals surface area contributed by atoms with Crippen molar-refractivity contribution in [2.75, 3.05) is 6.54 Å². The van der Waals surface area contributed by atoms with Crippen LogP contribution in [0.15, 0.2) is 34.4 Å². The molecule has 1 aromatic carbocycles. The minimum absolute atomic E-state index is 0.359. The van der Waals surface area contributed by atoms with Gasteiger partial charge >= 0.3 is 0 Å². The zero-order valence-electron chi connectivity index (χ0n) is 11.3.